The van der Waals surface area contributed by atoms with E-state index in [1.165, 1.54) is 12.1 Å². The van der Waals surface area contributed by atoms with Gasteiger partial charge in [-0.15, -0.1) is 0 Å². The second-order valence-electron chi connectivity index (χ2n) is 3.39. The van der Waals surface area contributed by atoms with Gasteiger partial charge in [-0.2, -0.15) is 8.42 Å². The monoisotopic (exact) mass is 251 g/mol. The quantitative estimate of drug-likeness (QED) is 0.641. The standard InChI is InChI=1S/C11H9NO4S/c13-7-12-10-5-6-11(17(14,15)16)9-4-2-1-3-8(9)10/h1-7H,(H,12,13)(H,14,15,16). The number of hydrogen-bond acceptors (Lipinski definition) is 3. The van der Waals surface area contributed by atoms with Crippen LogP contribution in [-0.4, -0.2) is 19.4 Å². The van der Waals surface area contributed by atoms with Crippen molar-refractivity contribution in [2.75, 3.05) is 5.32 Å². The molecule has 0 aliphatic carbocycles. The van der Waals surface area contributed by atoms with E-state index in [9.17, 15) is 13.2 Å². The summed E-state index contributed by atoms with van der Waals surface area (Å²) in [5.74, 6) is 0. The highest BCUT2D eigenvalue weighted by atomic mass is 32.2. The second kappa shape index (κ2) is 4.15. The van der Waals surface area contributed by atoms with Crippen molar-refractivity contribution in [1.29, 1.82) is 0 Å². The summed E-state index contributed by atoms with van der Waals surface area (Å²) in [4.78, 5) is 10.2. The summed E-state index contributed by atoms with van der Waals surface area (Å²) in [5, 5.41) is 3.39. The van der Waals surface area contributed by atoms with Crippen LogP contribution in [-0.2, 0) is 14.9 Å². The van der Waals surface area contributed by atoms with Crippen LogP contribution in [0.2, 0.25) is 0 Å². The molecule has 2 N–H and O–H groups in total. The average molecular weight is 251 g/mol. The van der Waals surface area contributed by atoms with Gasteiger partial charge in [-0.3, -0.25) is 9.35 Å². The van der Waals surface area contributed by atoms with Crippen molar-refractivity contribution in [2.45, 2.75) is 4.90 Å². The number of nitrogens with one attached hydrogen (secondary N) is 1. The molecule has 0 saturated carbocycles. The molecular weight excluding hydrogens is 242 g/mol. The van der Waals surface area contributed by atoms with Gasteiger partial charge in [0, 0.05) is 16.5 Å². The molecule has 0 aromatic heterocycles. The molecule has 0 unspecified atom stereocenters. The van der Waals surface area contributed by atoms with Crippen LogP contribution in [0.1, 0.15) is 0 Å². The maximum Gasteiger partial charge on any atom is 0.295 e. The van der Waals surface area contributed by atoms with E-state index in [1.54, 1.807) is 24.3 Å². The van der Waals surface area contributed by atoms with Crippen LogP contribution in [0.25, 0.3) is 10.8 Å². The molecule has 0 saturated heterocycles. The highest BCUT2D eigenvalue weighted by Crippen LogP contribution is 2.28. The largest absolute Gasteiger partial charge is 0.328 e. The van der Waals surface area contributed by atoms with Crippen LogP contribution in [0.3, 0.4) is 0 Å². The van der Waals surface area contributed by atoms with Gasteiger partial charge in [0.05, 0.1) is 0 Å². The lowest BCUT2D eigenvalue weighted by Crippen LogP contribution is -2.01. The summed E-state index contributed by atoms with van der Waals surface area (Å²) in [7, 11) is -4.28. The number of anilines is 1. The Bertz CT molecular complexity index is 679. The molecule has 6 heteroatoms. The van der Waals surface area contributed by atoms with Gasteiger partial charge in [0.15, 0.2) is 0 Å². The fraction of sp³-hybridized carbons (Fsp3) is 0. The third-order valence-electron chi connectivity index (χ3n) is 2.38. The third-order valence-corrected chi connectivity index (χ3v) is 3.29. The Kier molecular flexibility index (Phi) is 2.83. The van der Waals surface area contributed by atoms with Crippen LogP contribution >= 0.6 is 0 Å². The van der Waals surface area contributed by atoms with E-state index in [4.69, 9.17) is 4.55 Å². The highest BCUT2D eigenvalue weighted by Gasteiger charge is 2.15. The SMILES string of the molecule is O=CNc1ccc(S(=O)(=O)O)c2ccccc12. The Morgan fingerprint density at radius 3 is 2.29 bits per heavy atom. The number of carbonyl (C=O) groups excluding carboxylic acids is 1. The molecule has 0 aliphatic heterocycles. The van der Waals surface area contributed by atoms with Crippen LogP contribution in [0, 0.1) is 0 Å². The first-order valence-corrected chi connectivity index (χ1v) is 6.17. The Balaban J connectivity index is 2.84. The van der Waals surface area contributed by atoms with Crippen molar-refractivity contribution in [3.63, 3.8) is 0 Å². The molecule has 17 heavy (non-hydrogen) atoms. The Morgan fingerprint density at radius 2 is 1.71 bits per heavy atom. The molecular formula is C11H9NO4S. The molecule has 0 atom stereocenters. The molecule has 0 aliphatic rings. The zero-order valence-corrected chi connectivity index (χ0v) is 9.44. The first-order valence-electron chi connectivity index (χ1n) is 4.73. The van der Waals surface area contributed by atoms with Gasteiger partial charge < -0.3 is 5.32 Å². The van der Waals surface area contributed by atoms with E-state index in [1.807, 2.05) is 0 Å². The smallest absolute Gasteiger partial charge is 0.295 e. The fourth-order valence-electron chi connectivity index (χ4n) is 1.69. The summed E-state index contributed by atoms with van der Waals surface area (Å²) in [6, 6.07) is 9.28. The van der Waals surface area contributed by atoms with E-state index < -0.39 is 10.1 Å². The molecule has 2 rings (SSSR count). The molecule has 0 spiro atoms. The summed E-state index contributed by atoms with van der Waals surface area (Å²) in [6.45, 7) is 0. The molecule has 0 bridgehead atoms. The first kappa shape index (κ1) is 11.6. The van der Waals surface area contributed by atoms with E-state index in [-0.39, 0.29) is 4.90 Å². The minimum atomic E-state index is -4.28. The van der Waals surface area contributed by atoms with E-state index in [0.29, 0.717) is 22.9 Å². The molecule has 2 aromatic carbocycles. The maximum absolute atomic E-state index is 11.2. The van der Waals surface area contributed by atoms with Gasteiger partial charge in [0.1, 0.15) is 4.90 Å². The topological polar surface area (TPSA) is 83.5 Å². The van der Waals surface area contributed by atoms with Crippen LogP contribution in [0.4, 0.5) is 5.69 Å². The Hall–Kier alpha value is -1.92. The highest BCUT2D eigenvalue weighted by molar-refractivity contribution is 7.86. The van der Waals surface area contributed by atoms with Gasteiger partial charge in [-0.25, -0.2) is 0 Å². The van der Waals surface area contributed by atoms with Crippen molar-refractivity contribution in [1.82, 2.24) is 0 Å². The third kappa shape index (κ3) is 2.13. The summed E-state index contributed by atoms with van der Waals surface area (Å²) in [5.41, 5.74) is 0.489. The van der Waals surface area contributed by atoms with Gasteiger partial charge >= 0.3 is 0 Å². The molecule has 1 amide bonds. The molecule has 2 aromatic rings. The van der Waals surface area contributed by atoms with Crippen LogP contribution in [0.5, 0.6) is 0 Å². The summed E-state index contributed by atoms with van der Waals surface area (Å²) < 4.78 is 31.5. The minimum Gasteiger partial charge on any atom is -0.328 e. The number of rotatable bonds is 3. The number of fused-ring (bicyclic) bond motifs is 1. The van der Waals surface area contributed by atoms with Crippen LogP contribution in [0.15, 0.2) is 41.3 Å². The molecule has 5 nitrogen and oxygen atoms in total. The van der Waals surface area contributed by atoms with Crippen LogP contribution < -0.4 is 5.32 Å². The second-order valence-corrected chi connectivity index (χ2v) is 4.78. The van der Waals surface area contributed by atoms with Gasteiger partial charge in [0.2, 0.25) is 6.41 Å². The van der Waals surface area contributed by atoms with E-state index in [2.05, 4.69) is 5.32 Å². The van der Waals surface area contributed by atoms with Gasteiger partial charge in [0.25, 0.3) is 10.1 Å². The molecule has 88 valence electrons. The van der Waals surface area contributed by atoms with Crippen molar-refractivity contribution in [3.8, 4) is 0 Å². The zero-order chi connectivity index (χ0) is 12.5. The van der Waals surface area contributed by atoms with E-state index >= 15 is 0 Å². The van der Waals surface area contributed by atoms with Crippen molar-refractivity contribution < 1.29 is 17.8 Å². The molecule has 0 fully saturated rings. The number of benzene rings is 2. The number of carbonyl (C=O) groups is 1. The average Bonchev–Trinajstić information content (AvgIpc) is 2.28. The van der Waals surface area contributed by atoms with Gasteiger partial charge in [-0.05, 0) is 12.1 Å². The first-order chi connectivity index (χ1) is 8.04. The predicted octanol–water partition coefficient (Wildman–Crippen LogP) is 1.65. The predicted molar refractivity (Wildman–Crippen MR) is 63.4 cm³/mol. The lowest BCUT2D eigenvalue weighted by molar-refractivity contribution is -0.105. The lowest BCUT2D eigenvalue weighted by atomic mass is 10.1. The Labute approximate surface area is 97.8 Å². The van der Waals surface area contributed by atoms with Crippen molar-refractivity contribution >= 4 is 33.0 Å². The summed E-state index contributed by atoms with van der Waals surface area (Å²) >= 11 is 0. The lowest BCUT2D eigenvalue weighted by Gasteiger charge is -2.08. The van der Waals surface area contributed by atoms with Crippen molar-refractivity contribution in [2.24, 2.45) is 0 Å². The normalized spacial score (nSPS) is 11.4. The van der Waals surface area contributed by atoms with Gasteiger partial charge in [-0.1, -0.05) is 24.3 Å². The Morgan fingerprint density at radius 1 is 1.06 bits per heavy atom. The zero-order valence-electron chi connectivity index (χ0n) is 8.62. The summed E-state index contributed by atoms with van der Waals surface area (Å²) in [6.07, 6.45) is 0.509. The van der Waals surface area contributed by atoms with Crippen molar-refractivity contribution in [3.05, 3.63) is 36.4 Å². The number of hydrogen-bond donors (Lipinski definition) is 2. The molecule has 0 heterocycles. The minimum absolute atomic E-state index is 0.176. The maximum atomic E-state index is 11.2. The van der Waals surface area contributed by atoms with E-state index in [0.717, 1.165) is 0 Å². The number of amides is 1. The molecule has 0 radical (unpaired) electrons. The fourth-order valence-corrected chi connectivity index (χ4v) is 2.38.